The molecule has 0 aliphatic carbocycles. The second-order valence-electron chi connectivity index (χ2n) is 3.75. The summed E-state index contributed by atoms with van der Waals surface area (Å²) in [4.78, 5) is 4.30. The Morgan fingerprint density at radius 1 is 1.29 bits per heavy atom. The number of hydrogen-bond donors (Lipinski definition) is 1. The number of rotatable bonds is 3. The van der Waals surface area contributed by atoms with Crippen molar-refractivity contribution in [3.05, 3.63) is 57.3 Å². The zero-order valence-electron chi connectivity index (χ0n) is 9.37. The van der Waals surface area contributed by atoms with Gasteiger partial charge in [-0.2, -0.15) is 0 Å². The smallest absolute Gasteiger partial charge is 0.0640 e. The number of aryl methyl sites for hydroxylation is 1. The van der Waals surface area contributed by atoms with Crippen LogP contribution in [0.15, 0.2) is 41.0 Å². The summed E-state index contributed by atoms with van der Waals surface area (Å²) in [6, 6.07) is 9.81. The number of nitrogens with one attached hydrogen (secondary N) is 1. The third-order valence-electron chi connectivity index (χ3n) is 2.46. The predicted molar refractivity (Wildman–Crippen MR) is 75.5 cm³/mol. The van der Waals surface area contributed by atoms with Gasteiger partial charge in [-0.25, -0.2) is 0 Å². The van der Waals surface area contributed by atoms with E-state index in [4.69, 9.17) is 11.6 Å². The number of pyridine rings is 1. The molecule has 0 aliphatic rings. The van der Waals surface area contributed by atoms with E-state index in [0.717, 1.165) is 26.4 Å². The summed E-state index contributed by atoms with van der Waals surface area (Å²) in [5.74, 6) is 0. The lowest BCUT2D eigenvalue weighted by atomic mass is 10.2. The van der Waals surface area contributed by atoms with Crippen LogP contribution in [0.5, 0.6) is 0 Å². The summed E-state index contributed by atoms with van der Waals surface area (Å²) in [5.41, 5.74) is 3.08. The highest BCUT2D eigenvalue weighted by Gasteiger charge is 2.03. The van der Waals surface area contributed by atoms with Gasteiger partial charge in [0.1, 0.15) is 0 Å². The highest BCUT2D eigenvalue weighted by Crippen LogP contribution is 2.25. The predicted octanol–water partition coefficient (Wildman–Crippen LogP) is 4.42. The van der Waals surface area contributed by atoms with Crippen LogP contribution in [-0.2, 0) is 6.54 Å². The average molecular weight is 312 g/mol. The molecule has 0 spiro atoms. The fourth-order valence-corrected chi connectivity index (χ4v) is 2.07. The molecule has 2 nitrogen and oxygen atoms in total. The van der Waals surface area contributed by atoms with Crippen LogP contribution >= 0.6 is 27.5 Å². The standard InChI is InChI=1S/C13H12BrClN2/c1-9-3-2-4-12(15)13(9)17-8-11-6-5-10(14)7-16-11/h2-7,17H,8H2,1H3. The zero-order valence-corrected chi connectivity index (χ0v) is 11.7. The minimum atomic E-state index is 0.665. The van der Waals surface area contributed by atoms with Crippen molar-refractivity contribution in [2.45, 2.75) is 13.5 Å². The molecule has 0 aliphatic heterocycles. The van der Waals surface area contributed by atoms with Gasteiger partial charge in [-0.3, -0.25) is 4.98 Å². The average Bonchev–Trinajstić information content (AvgIpc) is 2.31. The molecule has 1 aromatic heterocycles. The molecule has 0 bridgehead atoms. The Bertz CT molecular complexity index is 491. The van der Waals surface area contributed by atoms with Crippen LogP contribution in [0.4, 0.5) is 5.69 Å². The topological polar surface area (TPSA) is 24.9 Å². The Labute approximate surface area is 114 Å². The molecule has 0 unspecified atom stereocenters. The molecule has 17 heavy (non-hydrogen) atoms. The van der Waals surface area contributed by atoms with Crippen LogP contribution in [0, 0.1) is 6.92 Å². The van der Waals surface area contributed by atoms with Crippen LogP contribution in [0.2, 0.25) is 5.02 Å². The Balaban J connectivity index is 2.10. The fraction of sp³-hybridized carbons (Fsp3) is 0.154. The molecule has 0 fully saturated rings. The first-order valence-electron chi connectivity index (χ1n) is 5.26. The maximum atomic E-state index is 6.13. The maximum Gasteiger partial charge on any atom is 0.0640 e. The monoisotopic (exact) mass is 310 g/mol. The number of halogens is 2. The number of aromatic nitrogens is 1. The molecule has 2 rings (SSSR count). The summed E-state index contributed by atoms with van der Waals surface area (Å²) in [6.07, 6.45) is 1.79. The Hall–Kier alpha value is -1.06. The third-order valence-corrected chi connectivity index (χ3v) is 3.24. The van der Waals surface area contributed by atoms with Crippen LogP contribution in [0.1, 0.15) is 11.3 Å². The van der Waals surface area contributed by atoms with Crippen molar-refractivity contribution in [3.63, 3.8) is 0 Å². The number of benzene rings is 1. The lowest BCUT2D eigenvalue weighted by Crippen LogP contribution is -2.03. The molecule has 1 aromatic carbocycles. The molecule has 0 atom stereocenters. The third kappa shape index (κ3) is 3.20. The molecule has 4 heteroatoms. The Morgan fingerprint density at radius 2 is 2.12 bits per heavy atom. The van der Waals surface area contributed by atoms with E-state index >= 15 is 0 Å². The lowest BCUT2D eigenvalue weighted by Gasteiger charge is -2.10. The van der Waals surface area contributed by atoms with Crippen molar-refractivity contribution in [2.24, 2.45) is 0 Å². The van der Waals surface area contributed by atoms with Gasteiger partial charge >= 0.3 is 0 Å². The van der Waals surface area contributed by atoms with E-state index in [1.165, 1.54) is 0 Å². The van der Waals surface area contributed by atoms with E-state index in [1.54, 1.807) is 6.20 Å². The number of para-hydroxylation sites is 1. The molecular weight excluding hydrogens is 300 g/mol. The molecule has 1 N–H and O–H groups in total. The summed E-state index contributed by atoms with van der Waals surface area (Å²) < 4.78 is 0.982. The number of hydrogen-bond acceptors (Lipinski definition) is 2. The van der Waals surface area contributed by atoms with E-state index < -0.39 is 0 Å². The highest BCUT2D eigenvalue weighted by molar-refractivity contribution is 9.10. The van der Waals surface area contributed by atoms with E-state index in [9.17, 15) is 0 Å². The molecule has 1 heterocycles. The van der Waals surface area contributed by atoms with Gasteiger partial charge in [-0.05, 0) is 46.6 Å². The molecule has 88 valence electrons. The maximum absolute atomic E-state index is 6.13. The van der Waals surface area contributed by atoms with Crippen LogP contribution in [0.25, 0.3) is 0 Å². The molecule has 0 saturated heterocycles. The van der Waals surface area contributed by atoms with E-state index in [2.05, 4.69) is 26.2 Å². The van der Waals surface area contributed by atoms with Crippen molar-refractivity contribution in [1.29, 1.82) is 0 Å². The minimum Gasteiger partial charge on any atom is -0.378 e. The number of nitrogens with zero attached hydrogens (tertiary/aromatic N) is 1. The normalized spacial score (nSPS) is 10.3. The van der Waals surface area contributed by atoms with E-state index in [1.807, 2.05) is 37.3 Å². The Morgan fingerprint density at radius 3 is 2.76 bits per heavy atom. The van der Waals surface area contributed by atoms with E-state index in [-0.39, 0.29) is 0 Å². The van der Waals surface area contributed by atoms with Crippen molar-refractivity contribution in [2.75, 3.05) is 5.32 Å². The SMILES string of the molecule is Cc1cccc(Cl)c1NCc1ccc(Br)cn1. The molecule has 0 saturated carbocycles. The second kappa shape index (κ2) is 5.52. The van der Waals surface area contributed by atoms with Gasteiger partial charge in [0.15, 0.2) is 0 Å². The molecule has 0 radical (unpaired) electrons. The van der Waals surface area contributed by atoms with Gasteiger partial charge < -0.3 is 5.32 Å². The largest absolute Gasteiger partial charge is 0.378 e. The van der Waals surface area contributed by atoms with Gasteiger partial charge in [-0.15, -0.1) is 0 Å². The number of anilines is 1. The van der Waals surface area contributed by atoms with Crippen molar-refractivity contribution in [3.8, 4) is 0 Å². The van der Waals surface area contributed by atoms with Gasteiger partial charge in [0, 0.05) is 10.7 Å². The van der Waals surface area contributed by atoms with Gasteiger partial charge in [0.05, 0.1) is 22.9 Å². The first kappa shape index (κ1) is 12.4. The van der Waals surface area contributed by atoms with Crippen LogP contribution < -0.4 is 5.32 Å². The lowest BCUT2D eigenvalue weighted by molar-refractivity contribution is 1.04. The van der Waals surface area contributed by atoms with Crippen LogP contribution in [0.3, 0.4) is 0 Å². The summed E-state index contributed by atoms with van der Waals surface area (Å²) in [6.45, 7) is 2.70. The minimum absolute atomic E-state index is 0.665. The summed E-state index contributed by atoms with van der Waals surface area (Å²) >= 11 is 9.49. The summed E-state index contributed by atoms with van der Waals surface area (Å²) in [5, 5.41) is 4.05. The fourth-order valence-electron chi connectivity index (χ4n) is 1.55. The van der Waals surface area contributed by atoms with Gasteiger partial charge in [0.2, 0.25) is 0 Å². The zero-order chi connectivity index (χ0) is 12.3. The van der Waals surface area contributed by atoms with Crippen LogP contribution in [-0.4, -0.2) is 4.98 Å². The first-order chi connectivity index (χ1) is 8.16. The summed E-state index contributed by atoms with van der Waals surface area (Å²) in [7, 11) is 0. The first-order valence-corrected chi connectivity index (χ1v) is 6.43. The quantitative estimate of drug-likeness (QED) is 0.907. The molecule has 2 aromatic rings. The highest BCUT2D eigenvalue weighted by atomic mass is 79.9. The van der Waals surface area contributed by atoms with Crippen molar-refractivity contribution in [1.82, 2.24) is 4.98 Å². The van der Waals surface area contributed by atoms with Gasteiger partial charge in [-0.1, -0.05) is 23.7 Å². The Kier molecular flexibility index (Phi) is 4.02. The molecule has 0 amide bonds. The van der Waals surface area contributed by atoms with Crippen molar-refractivity contribution < 1.29 is 0 Å². The van der Waals surface area contributed by atoms with E-state index in [0.29, 0.717) is 6.54 Å². The molecular formula is C13H12BrClN2. The van der Waals surface area contributed by atoms with Crippen molar-refractivity contribution >= 4 is 33.2 Å². The second-order valence-corrected chi connectivity index (χ2v) is 5.08. The van der Waals surface area contributed by atoms with Gasteiger partial charge in [0.25, 0.3) is 0 Å².